The molecule has 11 heteroatoms. The first-order valence-corrected chi connectivity index (χ1v) is 13.6. The fourth-order valence-corrected chi connectivity index (χ4v) is 5.36. The minimum absolute atomic E-state index is 0.294. The number of aromatic nitrogens is 2. The second-order valence-corrected chi connectivity index (χ2v) is 10.2. The van der Waals surface area contributed by atoms with Gasteiger partial charge in [-0.05, 0) is 79.7 Å². The maximum Gasteiger partial charge on any atom is 0.416 e. The quantitative estimate of drug-likeness (QED) is 0.188. The number of carboxylic acids is 1. The fraction of sp³-hybridized carbons (Fsp3) is 0.267. The van der Waals surface area contributed by atoms with Crippen molar-refractivity contribution in [1.29, 1.82) is 0 Å². The number of carboxylic acid groups (broad SMARTS) is 1. The number of alkyl halides is 3. The van der Waals surface area contributed by atoms with Crippen LogP contribution < -0.4 is 10.1 Å². The number of nitrogens with one attached hydrogen (secondary N) is 1. The van der Waals surface area contributed by atoms with Crippen LogP contribution in [0.4, 0.5) is 18.9 Å². The maximum atomic E-state index is 13.2. The minimum Gasteiger partial charge on any atom is -0.492 e. The molecule has 0 amide bonds. The summed E-state index contributed by atoms with van der Waals surface area (Å²) in [7, 11) is 0. The number of ether oxygens (including phenoxy) is 1. The first-order chi connectivity index (χ1) is 19.7. The third-order valence-electron chi connectivity index (χ3n) is 7.18. The molecule has 3 aromatic carbocycles. The molecule has 0 aliphatic carbocycles. The van der Waals surface area contributed by atoms with Gasteiger partial charge >= 0.3 is 12.1 Å². The predicted molar refractivity (Wildman–Crippen MR) is 153 cm³/mol. The summed E-state index contributed by atoms with van der Waals surface area (Å²) in [6.45, 7) is 1.48. The van der Waals surface area contributed by atoms with E-state index in [0.29, 0.717) is 54.4 Å². The van der Waals surface area contributed by atoms with Crippen molar-refractivity contribution < 1.29 is 27.8 Å². The average molecular weight is 583 g/mol. The zero-order valence-corrected chi connectivity index (χ0v) is 22.9. The van der Waals surface area contributed by atoms with Crippen molar-refractivity contribution in [2.24, 2.45) is 0 Å². The molecule has 0 radical (unpaired) electrons. The lowest BCUT2D eigenvalue weighted by Gasteiger charge is -2.23. The van der Waals surface area contributed by atoms with Crippen LogP contribution in [0.3, 0.4) is 0 Å². The summed E-state index contributed by atoms with van der Waals surface area (Å²) in [5.74, 6) is -0.248. The lowest BCUT2D eigenvalue weighted by atomic mass is 9.97. The molecule has 1 aliphatic heterocycles. The molecule has 1 aliphatic rings. The number of aliphatic carboxylic acids is 1. The van der Waals surface area contributed by atoms with Crippen molar-refractivity contribution in [3.63, 3.8) is 0 Å². The van der Waals surface area contributed by atoms with Crippen molar-refractivity contribution in [3.05, 3.63) is 102 Å². The van der Waals surface area contributed by atoms with E-state index in [0.717, 1.165) is 24.1 Å². The fourth-order valence-electron chi connectivity index (χ4n) is 5.12. The van der Waals surface area contributed by atoms with Crippen LogP contribution in [0.1, 0.15) is 35.6 Å². The van der Waals surface area contributed by atoms with Crippen LogP contribution >= 0.6 is 12.8 Å². The number of nitrogens with zero attached hydrogens (tertiary/aromatic N) is 3. The molecule has 0 bridgehead atoms. The van der Waals surface area contributed by atoms with Gasteiger partial charge in [-0.1, -0.05) is 42.5 Å². The summed E-state index contributed by atoms with van der Waals surface area (Å²) in [4.78, 5) is 13.4. The summed E-state index contributed by atoms with van der Waals surface area (Å²) in [6, 6.07) is 21.0. The van der Waals surface area contributed by atoms with Crippen LogP contribution in [-0.2, 0) is 11.0 Å². The molecule has 5 rings (SSSR count). The van der Waals surface area contributed by atoms with Crippen LogP contribution in [0.2, 0.25) is 0 Å². The molecule has 214 valence electrons. The number of anilines is 1. The Kier molecular flexibility index (Phi) is 8.55. The summed E-state index contributed by atoms with van der Waals surface area (Å²) in [6.07, 6.45) is -1.34. The Labute approximate surface area is 241 Å². The van der Waals surface area contributed by atoms with Crippen LogP contribution in [0.15, 0.2) is 85.1 Å². The highest BCUT2D eigenvalue weighted by atomic mass is 32.1. The molecule has 1 saturated heterocycles. The van der Waals surface area contributed by atoms with Gasteiger partial charge in [0.15, 0.2) is 0 Å². The smallest absolute Gasteiger partial charge is 0.416 e. The Bertz CT molecular complexity index is 1480. The minimum atomic E-state index is -4.42. The Morgan fingerprint density at radius 3 is 2.46 bits per heavy atom. The van der Waals surface area contributed by atoms with E-state index in [9.17, 15) is 23.1 Å². The second-order valence-electron chi connectivity index (χ2n) is 9.81. The largest absolute Gasteiger partial charge is 0.492 e. The average Bonchev–Trinajstić information content (AvgIpc) is 3.61. The molecule has 0 saturated carbocycles. The van der Waals surface area contributed by atoms with Gasteiger partial charge in [0.2, 0.25) is 0 Å². The molecule has 41 heavy (non-hydrogen) atoms. The monoisotopic (exact) mass is 582 g/mol. The predicted octanol–water partition coefficient (Wildman–Crippen LogP) is 6.39. The van der Waals surface area contributed by atoms with E-state index >= 15 is 0 Å². The number of likely N-dealkylation sites (tertiary alicyclic amines) is 1. The summed E-state index contributed by atoms with van der Waals surface area (Å²) >= 11 is 4.42. The summed E-state index contributed by atoms with van der Waals surface area (Å²) < 4.78 is 47.2. The SMILES string of the molecule is O=C(O)[C@@H]1CCCN1CCOc1ccc(NC(c2ccccc2)c2ccc(C(F)(F)F)cc2)cc1-c1ccnn1S. The van der Waals surface area contributed by atoms with Crippen LogP contribution in [0, 0.1) is 0 Å². The lowest BCUT2D eigenvalue weighted by Crippen LogP contribution is -2.38. The van der Waals surface area contributed by atoms with Gasteiger partial charge in [0.25, 0.3) is 0 Å². The highest BCUT2D eigenvalue weighted by molar-refractivity contribution is 7.78. The molecule has 1 fully saturated rings. The number of benzene rings is 3. The van der Waals surface area contributed by atoms with Crippen LogP contribution in [0.5, 0.6) is 5.75 Å². The zero-order valence-electron chi connectivity index (χ0n) is 22.0. The van der Waals surface area contributed by atoms with Gasteiger partial charge in [0.05, 0.1) is 23.5 Å². The number of hydrogen-bond acceptors (Lipinski definition) is 6. The number of hydrogen-bond donors (Lipinski definition) is 3. The van der Waals surface area contributed by atoms with Crippen LogP contribution in [-0.4, -0.2) is 50.9 Å². The second kappa shape index (κ2) is 12.3. The van der Waals surface area contributed by atoms with Gasteiger partial charge < -0.3 is 15.2 Å². The number of thiol groups is 1. The molecule has 4 aromatic rings. The van der Waals surface area contributed by atoms with Crippen molar-refractivity contribution in [3.8, 4) is 17.0 Å². The third kappa shape index (κ3) is 6.68. The highest BCUT2D eigenvalue weighted by Crippen LogP contribution is 2.36. The Hall–Kier alpha value is -3.96. The normalized spacial score (nSPS) is 16.4. The maximum absolute atomic E-state index is 13.2. The van der Waals surface area contributed by atoms with E-state index in [1.807, 2.05) is 53.4 Å². The van der Waals surface area contributed by atoms with E-state index < -0.39 is 29.8 Å². The van der Waals surface area contributed by atoms with Gasteiger partial charge in [-0.15, -0.1) is 0 Å². The summed E-state index contributed by atoms with van der Waals surface area (Å²) in [5.41, 5.74) is 2.94. The van der Waals surface area contributed by atoms with E-state index in [4.69, 9.17) is 4.74 Å². The zero-order chi connectivity index (χ0) is 29.0. The molecule has 2 N–H and O–H groups in total. The van der Waals surface area contributed by atoms with E-state index in [1.165, 1.54) is 16.2 Å². The molecule has 7 nitrogen and oxygen atoms in total. The van der Waals surface area contributed by atoms with Crippen molar-refractivity contribution >= 4 is 24.5 Å². The Morgan fingerprint density at radius 1 is 1.07 bits per heavy atom. The van der Waals surface area contributed by atoms with Crippen molar-refractivity contribution in [1.82, 2.24) is 14.1 Å². The van der Waals surface area contributed by atoms with Gasteiger partial charge in [-0.25, -0.2) is 4.09 Å². The molecule has 0 spiro atoms. The number of rotatable bonds is 10. The van der Waals surface area contributed by atoms with Crippen molar-refractivity contribution in [2.45, 2.75) is 31.1 Å². The third-order valence-corrected chi connectivity index (χ3v) is 7.50. The van der Waals surface area contributed by atoms with E-state index in [-0.39, 0.29) is 0 Å². The first kappa shape index (κ1) is 28.6. The number of carbonyl (C=O) groups is 1. The first-order valence-electron chi connectivity index (χ1n) is 13.2. The molecule has 1 unspecified atom stereocenters. The number of halogens is 3. The lowest BCUT2D eigenvalue weighted by molar-refractivity contribution is -0.142. The van der Waals surface area contributed by atoms with Crippen molar-refractivity contribution in [2.75, 3.05) is 25.0 Å². The van der Waals surface area contributed by atoms with Gasteiger partial charge in [0.1, 0.15) is 18.4 Å². The molecule has 2 heterocycles. The molecule has 1 aromatic heterocycles. The Morgan fingerprint density at radius 2 is 1.80 bits per heavy atom. The van der Waals surface area contributed by atoms with Gasteiger partial charge in [0, 0.05) is 17.8 Å². The van der Waals surface area contributed by atoms with Crippen LogP contribution in [0.25, 0.3) is 11.3 Å². The standard InChI is InChI=1S/C30H29F3N4O3S/c31-30(32,33)22-10-8-21(9-11-22)28(20-5-2-1-3-6-20)35-23-12-13-27(24(19-23)25-14-15-34-37(25)41)40-18-17-36-16-4-7-26(36)29(38)39/h1-3,5-6,8-15,19,26,28,35,41H,4,7,16-18H2,(H,38,39)/t26-,28?/m0/s1. The molecule has 2 atom stereocenters. The topological polar surface area (TPSA) is 79.6 Å². The molecular weight excluding hydrogens is 553 g/mol. The van der Waals surface area contributed by atoms with E-state index in [1.54, 1.807) is 12.3 Å². The highest BCUT2D eigenvalue weighted by Gasteiger charge is 2.31. The van der Waals surface area contributed by atoms with Gasteiger partial charge in [-0.2, -0.15) is 18.3 Å². The summed E-state index contributed by atoms with van der Waals surface area (Å²) in [5, 5.41) is 17.1. The van der Waals surface area contributed by atoms with E-state index in [2.05, 4.69) is 23.2 Å². The molecular formula is C30H29F3N4O3S. The Balaban J connectivity index is 1.42. The van der Waals surface area contributed by atoms with Gasteiger partial charge in [-0.3, -0.25) is 9.69 Å².